The largest absolute Gasteiger partial charge is 0.281 e. The van der Waals surface area contributed by atoms with Gasteiger partial charge in [-0.15, -0.1) is 0 Å². The number of nitrogens with one attached hydrogen (secondary N) is 2. The molecule has 0 spiro atoms. The summed E-state index contributed by atoms with van der Waals surface area (Å²) in [5, 5.41) is 7.22. The van der Waals surface area contributed by atoms with Crippen molar-refractivity contribution in [2.75, 3.05) is 0 Å². The summed E-state index contributed by atoms with van der Waals surface area (Å²) in [6.45, 7) is 0. The van der Waals surface area contributed by atoms with Gasteiger partial charge in [0.25, 0.3) is 0 Å². The Bertz CT molecular complexity index is 184. The summed E-state index contributed by atoms with van der Waals surface area (Å²) in [5.41, 5.74) is 0. The van der Waals surface area contributed by atoms with Crippen LogP contribution in [-0.2, 0) is 3.07 Å². The Kier molecular flexibility index (Phi) is 6.53. The molecule has 0 unspecified atom stereocenters. The third kappa shape index (κ3) is 5.01. The lowest BCUT2D eigenvalue weighted by atomic mass is 9.95. The van der Waals surface area contributed by atoms with E-state index in [9.17, 15) is 0 Å². The van der Waals surface area contributed by atoms with Crippen LogP contribution in [0.5, 0.6) is 0 Å². The molecule has 2 aliphatic rings. The van der Waals surface area contributed by atoms with E-state index in [1.807, 2.05) is 23.0 Å². The number of rotatable bonds is 5. The highest BCUT2D eigenvalue weighted by Crippen LogP contribution is 2.20. The Morgan fingerprint density at radius 3 is 1.53 bits per heavy atom. The third-order valence-corrected chi connectivity index (χ3v) is 4.58. The minimum atomic E-state index is 0.0433. The molecule has 0 bridgehead atoms. The minimum Gasteiger partial charge on any atom is -0.281 e. The van der Waals surface area contributed by atoms with E-state index in [-0.39, 0.29) is 6.35 Å². The van der Waals surface area contributed by atoms with Crippen molar-refractivity contribution >= 4 is 23.0 Å². The van der Waals surface area contributed by atoms with Gasteiger partial charge in [-0.05, 0) is 25.7 Å². The summed E-state index contributed by atoms with van der Waals surface area (Å²) in [4.78, 5) is 0. The predicted octanol–water partition coefficient (Wildman–Crippen LogP) is 3.48. The van der Waals surface area contributed by atoms with E-state index in [1.165, 1.54) is 64.2 Å². The number of hydrogen-bond acceptors (Lipinski definition) is 3. The Morgan fingerprint density at radius 1 is 0.765 bits per heavy atom. The van der Waals surface area contributed by atoms with Crippen LogP contribution in [0.4, 0.5) is 0 Å². The van der Waals surface area contributed by atoms with Gasteiger partial charge in [-0.2, -0.15) is 0 Å². The van der Waals surface area contributed by atoms with E-state index in [0.717, 1.165) is 0 Å². The van der Waals surface area contributed by atoms with Crippen molar-refractivity contribution in [2.24, 2.45) is 0 Å². The van der Waals surface area contributed by atoms with Crippen LogP contribution in [0.2, 0.25) is 0 Å². The van der Waals surface area contributed by atoms with Crippen molar-refractivity contribution in [2.45, 2.75) is 82.6 Å². The summed E-state index contributed by atoms with van der Waals surface area (Å²) in [6, 6.07) is 1.30. The Balaban J connectivity index is 1.71. The molecule has 100 valence electrons. The van der Waals surface area contributed by atoms with Crippen molar-refractivity contribution in [3.63, 3.8) is 0 Å². The highest BCUT2D eigenvalue weighted by atomic mass is 127. The van der Waals surface area contributed by atoms with Crippen LogP contribution >= 0.6 is 23.0 Å². The smallest absolute Gasteiger partial charge is 0.175 e. The number of halogens is 1. The van der Waals surface area contributed by atoms with Gasteiger partial charge in [-0.3, -0.25) is 13.7 Å². The topological polar surface area (TPSA) is 33.3 Å². The van der Waals surface area contributed by atoms with Gasteiger partial charge in [0.2, 0.25) is 0 Å². The number of hydrogen-bond donors (Lipinski definition) is 2. The van der Waals surface area contributed by atoms with Gasteiger partial charge in [0.05, 0.1) is 0 Å². The minimum absolute atomic E-state index is 0.0433. The van der Waals surface area contributed by atoms with Crippen LogP contribution in [-0.4, -0.2) is 18.4 Å². The molecule has 0 aromatic heterocycles. The molecule has 0 aromatic rings. The average molecular weight is 352 g/mol. The van der Waals surface area contributed by atoms with Crippen LogP contribution in [0.15, 0.2) is 0 Å². The summed E-state index contributed by atoms with van der Waals surface area (Å²) in [7, 11) is 0. The maximum Gasteiger partial charge on any atom is 0.175 e. The maximum atomic E-state index is 5.50. The second-order valence-corrected chi connectivity index (χ2v) is 5.98. The Morgan fingerprint density at radius 2 is 1.18 bits per heavy atom. The average Bonchev–Trinajstić information content (AvgIpc) is 2.40. The standard InChI is InChI=1S/C13H25IN2O/c14-17-13(15-11-7-3-1-4-8-11)16-12-9-5-2-6-10-12/h11-13,15-16H,1-10H2. The van der Waals surface area contributed by atoms with E-state index < -0.39 is 0 Å². The Labute approximate surface area is 119 Å². The lowest BCUT2D eigenvalue weighted by molar-refractivity contribution is 0.128. The SMILES string of the molecule is IOC(NC1CCCCC1)NC1CCCCC1. The molecule has 2 saturated carbocycles. The van der Waals surface area contributed by atoms with Crippen LogP contribution in [0, 0.1) is 0 Å². The van der Waals surface area contributed by atoms with Gasteiger partial charge in [-0.1, -0.05) is 38.5 Å². The zero-order chi connectivity index (χ0) is 11.9. The molecule has 2 rings (SSSR count). The maximum absolute atomic E-state index is 5.50. The first-order valence-corrected chi connectivity index (χ1v) is 8.06. The normalized spacial score (nSPS) is 24.4. The summed E-state index contributed by atoms with van der Waals surface area (Å²) in [5.74, 6) is 0. The van der Waals surface area contributed by atoms with E-state index in [0.29, 0.717) is 12.1 Å². The molecular formula is C13H25IN2O. The molecule has 0 heterocycles. The summed E-state index contributed by atoms with van der Waals surface area (Å²) in [6.07, 6.45) is 13.6. The fourth-order valence-corrected chi connectivity index (χ4v) is 3.36. The summed E-state index contributed by atoms with van der Waals surface area (Å²) >= 11 is 2.02. The molecule has 17 heavy (non-hydrogen) atoms. The second kappa shape index (κ2) is 7.92. The van der Waals surface area contributed by atoms with Crippen LogP contribution in [0.25, 0.3) is 0 Å². The molecule has 0 atom stereocenters. The highest BCUT2D eigenvalue weighted by molar-refractivity contribution is 14.1. The van der Waals surface area contributed by atoms with Crippen molar-refractivity contribution in [3.05, 3.63) is 0 Å². The predicted molar refractivity (Wildman–Crippen MR) is 78.9 cm³/mol. The molecule has 2 aliphatic carbocycles. The van der Waals surface area contributed by atoms with E-state index in [1.54, 1.807) is 0 Å². The molecule has 0 radical (unpaired) electrons. The monoisotopic (exact) mass is 352 g/mol. The first-order chi connectivity index (χ1) is 8.38. The van der Waals surface area contributed by atoms with Gasteiger partial charge < -0.3 is 0 Å². The molecule has 0 amide bonds. The van der Waals surface area contributed by atoms with E-state index in [4.69, 9.17) is 3.07 Å². The van der Waals surface area contributed by atoms with Gasteiger partial charge in [0.15, 0.2) is 6.35 Å². The van der Waals surface area contributed by atoms with Crippen molar-refractivity contribution in [1.82, 2.24) is 10.6 Å². The lowest BCUT2D eigenvalue weighted by Gasteiger charge is -2.31. The second-order valence-electron chi connectivity index (χ2n) is 5.47. The first-order valence-electron chi connectivity index (χ1n) is 7.18. The van der Waals surface area contributed by atoms with Gasteiger partial charge in [0, 0.05) is 12.1 Å². The zero-order valence-electron chi connectivity index (χ0n) is 10.6. The van der Waals surface area contributed by atoms with E-state index >= 15 is 0 Å². The molecule has 3 nitrogen and oxygen atoms in total. The molecule has 4 heteroatoms. The summed E-state index contributed by atoms with van der Waals surface area (Å²) < 4.78 is 5.50. The molecule has 2 N–H and O–H groups in total. The van der Waals surface area contributed by atoms with Crippen molar-refractivity contribution < 1.29 is 3.07 Å². The third-order valence-electron chi connectivity index (χ3n) is 4.07. The Hall–Kier alpha value is 0.610. The van der Waals surface area contributed by atoms with Crippen LogP contribution in [0.3, 0.4) is 0 Å². The van der Waals surface area contributed by atoms with Crippen molar-refractivity contribution in [3.8, 4) is 0 Å². The van der Waals surface area contributed by atoms with Crippen LogP contribution in [0.1, 0.15) is 64.2 Å². The molecule has 0 saturated heterocycles. The molecule has 0 aliphatic heterocycles. The zero-order valence-corrected chi connectivity index (χ0v) is 12.7. The highest BCUT2D eigenvalue weighted by Gasteiger charge is 2.21. The molecule has 0 aromatic carbocycles. The lowest BCUT2D eigenvalue weighted by Crippen LogP contribution is -2.52. The fourth-order valence-electron chi connectivity index (χ4n) is 3.07. The quantitative estimate of drug-likeness (QED) is 0.587. The van der Waals surface area contributed by atoms with Gasteiger partial charge in [0.1, 0.15) is 23.0 Å². The fraction of sp³-hybridized carbons (Fsp3) is 1.00. The van der Waals surface area contributed by atoms with E-state index in [2.05, 4.69) is 10.6 Å². The first kappa shape index (κ1) is 14.0. The van der Waals surface area contributed by atoms with Crippen LogP contribution < -0.4 is 10.6 Å². The van der Waals surface area contributed by atoms with Gasteiger partial charge >= 0.3 is 0 Å². The van der Waals surface area contributed by atoms with Crippen molar-refractivity contribution in [1.29, 1.82) is 0 Å². The molecule has 2 fully saturated rings. The molecular weight excluding hydrogens is 327 g/mol. The van der Waals surface area contributed by atoms with Gasteiger partial charge in [-0.25, -0.2) is 0 Å².